The highest BCUT2D eigenvalue weighted by molar-refractivity contribution is 5.38. The van der Waals surface area contributed by atoms with Crippen molar-refractivity contribution < 1.29 is 4.92 Å². The summed E-state index contributed by atoms with van der Waals surface area (Å²) in [6, 6.07) is 18.1. The van der Waals surface area contributed by atoms with E-state index in [2.05, 4.69) is 59.8 Å². The molecule has 144 valence electrons. The molecule has 1 atom stereocenters. The van der Waals surface area contributed by atoms with Gasteiger partial charge in [0.05, 0.1) is 11.0 Å². The standard InChI is InChI=1S/C23H25N3O2/c1-17-13-18(2)15-19(14-17)16-25-12-4-11-24-10-3-5-22(24)23(25)20-6-8-21(9-7-20)26(27)28/h3,5-10,13-15,23H,4,11-12,16H2,1-2H3/t23-/m1/s1. The molecule has 4 rings (SSSR count). The summed E-state index contributed by atoms with van der Waals surface area (Å²) < 4.78 is 2.31. The minimum atomic E-state index is -0.340. The molecule has 0 amide bonds. The molecular formula is C23H25N3O2. The molecule has 5 heteroatoms. The summed E-state index contributed by atoms with van der Waals surface area (Å²) in [4.78, 5) is 13.2. The molecule has 1 aliphatic rings. The van der Waals surface area contributed by atoms with Crippen molar-refractivity contribution >= 4 is 5.69 Å². The van der Waals surface area contributed by atoms with Crippen LogP contribution >= 0.6 is 0 Å². The van der Waals surface area contributed by atoms with Crippen molar-refractivity contribution in [2.75, 3.05) is 6.54 Å². The molecule has 0 saturated carbocycles. The van der Waals surface area contributed by atoms with Crippen LogP contribution in [0.25, 0.3) is 0 Å². The molecule has 0 radical (unpaired) electrons. The van der Waals surface area contributed by atoms with E-state index in [0.717, 1.165) is 31.6 Å². The van der Waals surface area contributed by atoms with Gasteiger partial charge in [-0.25, -0.2) is 0 Å². The average molecular weight is 375 g/mol. The fraction of sp³-hybridized carbons (Fsp3) is 0.304. The van der Waals surface area contributed by atoms with Gasteiger partial charge < -0.3 is 4.57 Å². The number of aromatic nitrogens is 1. The fourth-order valence-electron chi connectivity index (χ4n) is 4.36. The van der Waals surface area contributed by atoms with Gasteiger partial charge in [-0.2, -0.15) is 0 Å². The van der Waals surface area contributed by atoms with Crippen LogP contribution in [-0.2, 0) is 13.1 Å². The number of nitro benzene ring substituents is 1. The second kappa shape index (κ2) is 7.60. The van der Waals surface area contributed by atoms with E-state index in [9.17, 15) is 10.1 Å². The molecule has 0 spiro atoms. The smallest absolute Gasteiger partial charge is 0.269 e. The highest BCUT2D eigenvalue weighted by Crippen LogP contribution is 2.34. The Morgan fingerprint density at radius 1 is 1.04 bits per heavy atom. The molecule has 0 N–H and O–H groups in total. The van der Waals surface area contributed by atoms with Gasteiger partial charge >= 0.3 is 0 Å². The molecule has 28 heavy (non-hydrogen) atoms. The van der Waals surface area contributed by atoms with Gasteiger partial charge in [-0.15, -0.1) is 0 Å². The van der Waals surface area contributed by atoms with Gasteiger partial charge in [0.15, 0.2) is 0 Å². The van der Waals surface area contributed by atoms with Crippen LogP contribution in [0.4, 0.5) is 5.69 Å². The zero-order valence-corrected chi connectivity index (χ0v) is 16.3. The maximum atomic E-state index is 11.1. The normalized spacial score (nSPS) is 17.1. The zero-order valence-electron chi connectivity index (χ0n) is 16.3. The molecule has 0 bridgehead atoms. The first-order chi connectivity index (χ1) is 13.5. The van der Waals surface area contributed by atoms with E-state index < -0.39 is 0 Å². The minimum Gasteiger partial charge on any atom is -0.350 e. The first-order valence-electron chi connectivity index (χ1n) is 9.72. The molecule has 3 aromatic rings. The van der Waals surface area contributed by atoms with Gasteiger partial charge in [0.1, 0.15) is 0 Å². The lowest BCUT2D eigenvalue weighted by atomic mass is 10.00. The predicted molar refractivity (Wildman–Crippen MR) is 110 cm³/mol. The van der Waals surface area contributed by atoms with Gasteiger partial charge in [0, 0.05) is 43.7 Å². The van der Waals surface area contributed by atoms with Crippen molar-refractivity contribution in [1.82, 2.24) is 9.47 Å². The van der Waals surface area contributed by atoms with Crippen molar-refractivity contribution in [2.24, 2.45) is 0 Å². The maximum absolute atomic E-state index is 11.1. The highest BCUT2D eigenvalue weighted by atomic mass is 16.6. The van der Waals surface area contributed by atoms with Crippen molar-refractivity contribution in [2.45, 2.75) is 39.4 Å². The number of rotatable bonds is 4. The second-order valence-electron chi connectivity index (χ2n) is 7.70. The monoisotopic (exact) mass is 375 g/mol. The number of benzene rings is 2. The van der Waals surface area contributed by atoms with Crippen LogP contribution in [0.5, 0.6) is 0 Å². The minimum absolute atomic E-state index is 0.0825. The topological polar surface area (TPSA) is 51.3 Å². The Labute approximate surface area is 165 Å². The Kier molecular flexibility index (Phi) is 5.01. The van der Waals surface area contributed by atoms with Crippen molar-refractivity contribution in [1.29, 1.82) is 0 Å². The first kappa shape index (κ1) is 18.4. The summed E-state index contributed by atoms with van der Waals surface area (Å²) >= 11 is 0. The average Bonchev–Trinajstić information content (AvgIpc) is 3.03. The van der Waals surface area contributed by atoms with E-state index in [1.54, 1.807) is 12.1 Å². The Balaban J connectivity index is 1.73. The van der Waals surface area contributed by atoms with Crippen LogP contribution in [0.2, 0.25) is 0 Å². The molecular weight excluding hydrogens is 350 g/mol. The fourth-order valence-corrected chi connectivity index (χ4v) is 4.36. The quantitative estimate of drug-likeness (QED) is 0.476. The SMILES string of the molecule is Cc1cc(C)cc(CN2CCCn3cccc3[C@H]2c2ccc([N+](=O)[O-])cc2)c1. The number of fused-ring (bicyclic) bond motifs is 1. The third-order valence-corrected chi connectivity index (χ3v) is 5.44. The molecule has 5 nitrogen and oxygen atoms in total. The third-order valence-electron chi connectivity index (χ3n) is 5.44. The number of non-ortho nitro benzene ring substituents is 1. The van der Waals surface area contributed by atoms with E-state index in [4.69, 9.17) is 0 Å². The summed E-state index contributed by atoms with van der Waals surface area (Å²) in [6.45, 7) is 7.11. The Morgan fingerprint density at radius 3 is 2.43 bits per heavy atom. The molecule has 0 unspecified atom stereocenters. The summed E-state index contributed by atoms with van der Waals surface area (Å²) in [5, 5.41) is 11.1. The number of hydrogen-bond donors (Lipinski definition) is 0. The second-order valence-corrected chi connectivity index (χ2v) is 7.70. The third kappa shape index (κ3) is 3.71. The maximum Gasteiger partial charge on any atom is 0.269 e. The predicted octanol–water partition coefficient (Wildman–Crippen LogP) is 5.01. The summed E-state index contributed by atoms with van der Waals surface area (Å²) in [5.41, 5.74) is 6.34. The van der Waals surface area contributed by atoms with Crippen molar-refractivity contribution in [3.8, 4) is 0 Å². The Morgan fingerprint density at radius 2 is 1.75 bits per heavy atom. The van der Waals surface area contributed by atoms with Crippen LogP contribution < -0.4 is 0 Å². The molecule has 0 aliphatic carbocycles. The van der Waals surface area contributed by atoms with Crippen molar-refractivity contribution in [3.05, 3.63) is 98.9 Å². The molecule has 2 heterocycles. The number of hydrogen-bond acceptors (Lipinski definition) is 3. The lowest BCUT2D eigenvalue weighted by Gasteiger charge is -2.31. The van der Waals surface area contributed by atoms with Crippen molar-refractivity contribution in [3.63, 3.8) is 0 Å². The van der Waals surface area contributed by atoms with E-state index in [0.29, 0.717) is 0 Å². The highest BCUT2D eigenvalue weighted by Gasteiger charge is 2.27. The lowest BCUT2D eigenvalue weighted by Crippen LogP contribution is -2.29. The molecule has 2 aromatic carbocycles. The summed E-state index contributed by atoms with van der Waals surface area (Å²) in [7, 11) is 0. The van der Waals surface area contributed by atoms with Gasteiger partial charge in [-0.3, -0.25) is 15.0 Å². The van der Waals surface area contributed by atoms with E-state index in [-0.39, 0.29) is 16.7 Å². The molecule has 1 aliphatic heterocycles. The van der Waals surface area contributed by atoms with Gasteiger partial charge in [0.25, 0.3) is 5.69 Å². The molecule has 0 saturated heterocycles. The van der Waals surface area contributed by atoms with E-state index >= 15 is 0 Å². The summed E-state index contributed by atoms with van der Waals surface area (Å²) in [6.07, 6.45) is 3.21. The van der Waals surface area contributed by atoms with Gasteiger partial charge in [0.2, 0.25) is 0 Å². The molecule has 1 aromatic heterocycles. The first-order valence-corrected chi connectivity index (χ1v) is 9.72. The lowest BCUT2D eigenvalue weighted by molar-refractivity contribution is -0.384. The van der Waals surface area contributed by atoms with E-state index in [1.807, 2.05) is 12.1 Å². The number of nitrogens with zero attached hydrogens (tertiary/aromatic N) is 3. The van der Waals surface area contributed by atoms with Crippen LogP contribution in [0.3, 0.4) is 0 Å². The van der Waals surface area contributed by atoms with Crippen LogP contribution in [-0.4, -0.2) is 20.9 Å². The largest absolute Gasteiger partial charge is 0.350 e. The Bertz CT molecular complexity index is 971. The Hall–Kier alpha value is -2.92. The van der Waals surface area contributed by atoms with E-state index in [1.165, 1.54) is 22.4 Å². The van der Waals surface area contributed by atoms with Crippen LogP contribution in [0, 0.1) is 24.0 Å². The summed E-state index contributed by atoms with van der Waals surface area (Å²) in [5.74, 6) is 0. The number of nitro groups is 1. The van der Waals surface area contributed by atoms with Gasteiger partial charge in [-0.1, -0.05) is 41.5 Å². The zero-order chi connectivity index (χ0) is 19.7. The van der Waals surface area contributed by atoms with Crippen LogP contribution in [0.1, 0.15) is 40.4 Å². The van der Waals surface area contributed by atoms with Gasteiger partial charge in [-0.05, 0) is 43.5 Å². The molecule has 0 fully saturated rings. The number of aryl methyl sites for hydroxylation is 3. The van der Waals surface area contributed by atoms with Crippen LogP contribution in [0.15, 0.2) is 60.8 Å².